The van der Waals surface area contributed by atoms with Gasteiger partial charge in [0, 0.05) is 23.2 Å². The SMILES string of the molecule is Cl.Cl.c1csc(NNc2nccs2)n1. The zero-order chi connectivity index (χ0) is 8.23. The summed E-state index contributed by atoms with van der Waals surface area (Å²) in [7, 11) is 0. The first-order valence-corrected chi connectivity index (χ1v) is 5.02. The van der Waals surface area contributed by atoms with Gasteiger partial charge in [0.05, 0.1) is 0 Å². The van der Waals surface area contributed by atoms with Crippen LogP contribution in [0.15, 0.2) is 23.2 Å². The molecule has 4 nitrogen and oxygen atoms in total. The van der Waals surface area contributed by atoms with Crippen LogP contribution < -0.4 is 10.9 Å². The van der Waals surface area contributed by atoms with Crippen LogP contribution in [0.25, 0.3) is 0 Å². The largest absolute Gasteiger partial charge is 0.274 e. The molecule has 0 aliphatic heterocycles. The summed E-state index contributed by atoms with van der Waals surface area (Å²) in [6, 6.07) is 0. The molecule has 0 aliphatic rings. The van der Waals surface area contributed by atoms with Gasteiger partial charge in [0.25, 0.3) is 0 Å². The summed E-state index contributed by atoms with van der Waals surface area (Å²) in [6.07, 6.45) is 3.49. The summed E-state index contributed by atoms with van der Waals surface area (Å²) < 4.78 is 0. The van der Waals surface area contributed by atoms with Crippen LogP contribution in [0.4, 0.5) is 10.3 Å². The zero-order valence-electron chi connectivity index (χ0n) is 6.84. The maximum absolute atomic E-state index is 4.04. The Morgan fingerprint density at radius 2 is 1.29 bits per heavy atom. The number of hydrogen-bond donors (Lipinski definition) is 2. The van der Waals surface area contributed by atoms with E-state index in [-0.39, 0.29) is 24.8 Å². The Bertz CT molecular complexity index is 289. The Morgan fingerprint density at radius 3 is 1.57 bits per heavy atom. The second kappa shape index (κ2) is 6.83. The van der Waals surface area contributed by atoms with Crippen LogP contribution in [0.2, 0.25) is 0 Å². The van der Waals surface area contributed by atoms with E-state index in [1.807, 2.05) is 10.8 Å². The number of thiazole rings is 2. The predicted octanol–water partition coefficient (Wildman–Crippen LogP) is 2.88. The van der Waals surface area contributed by atoms with Gasteiger partial charge in [-0.2, -0.15) is 0 Å². The number of nitrogens with zero attached hydrogens (tertiary/aromatic N) is 2. The summed E-state index contributed by atoms with van der Waals surface area (Å²) in [6.45, 7) is 0. The van der Waals surface area contributed by atoms with E-state index in [1.54, 1.807) is 12.4 Å². The van der Waals surface area contributed by atoms with Gasteiger partial charge in [-0.1, -0.05) is 0 Å². The average Bonchev–Trinajstić information content (AvgIpc) is 2.74. The number of halogens is 2. The summed E-state index contributed by atoms with van der Waals surface area (Å²) in [5, 5.41) is 5.49. The fourth-order valence-corrected chi connectivity index (χ4v) is 1.64. The first-order chi connectivity index (χ1) is 5.95. The van der Waals surface area contributed by atoms with Crippen LogP contribution in [-0.4, -0.2) is 9.97 Å². The molecule has 2 N–H and O–H groups in total. The number of rotatable bonds is 3. The highest BCUT2D eigenvalue weighted by molar-refractivity contribution is 7.14. The maximum atomic E-state index is 4.04. The minimum Gasteiger partial charge on any atom is -0.274 e. The highest BCUT2D eigenvalue weighted by Gasteiger charge is 1.94. The smallest absolute Gasteiger partial charge is 0.201 e. The van der Waals surface area contributed by atoms with Gasteiger partial charge in [0.15, 0.2) is 0 Å². The Hall–Kier alpha value is -0.560. The number of aromatic nitrogens is 2. The molecule has 2 aromatic rings. The molecule has 2 aromatic heterocycles. The van der Waals surface area contributed by atoms with Crippen molar-refractivity contribution in [3.8, 4) is 0 Å². The van der Waals surface area contributed by atoms with Crippen LogP contribution in [0.5, 0.6) is 0 Å². The quantitative estimate of drug-likeness (QED) is 0.843. The number of hydrazine groups is 1. The van der Waals surface area contributed by atoms with Crippen molar-refractivity contribution in [3.63, 3.8) is 0 Å². The third kappa shape index (κ3) is 3.67. The van der Waals surface area contributed by atoms with Gasteiger partial charge >= 0.3 is 0 Å². The molecule has 2 heterocycles. The molecular formula is C6H8Cl2N4S2. The molecule has 0 aliphatic carbocycles. The van der Waals surface area contributed by atoms with Crippen LogP contribution >= 0.6 is 47.5 Å². The molecule has 2 rings (SSSR count). The lowest BCUT2D eigenvalue weighted by atomic mass is 11.0. The van der Waals surface area contributed by atoms with Crippen molar-refractivity contribution in [3.05, 3.63) is 23.2 Å². The Balaban J connectivity index is 0.000000845. The second-order valence-electron chi connectivity index (χ2n) is 1.92. The predicted molar refractivity (Wildman–Crippen MR) is 66.0 cm³/mol. The Kier molecular flexibility index (Phi) is 6.56. The van der Waals surface area contributed by atoms with Crippen molar-refractivity contribution in [1.29, 1.82) is 0 Å². The van der Waals surface area contributed by atoms with Gasteiger partial charge < -0.3 is 0 Å². The van der Waals surface area contributed by atoms with Crippen molar-refractivity contribution in [1.82, 2.24) is 9.97 Å². The molecule has 0 radical (unpaired) electrons. The standard InChI is InChI=1S/C6H6N4S2.2ClH/c1-3-11-5(7-1)9-10-6-8-2-4-12-6;;/h1-4H,(H,7,9)(H,8,10);2*1H. The molecule has 0 spiro atoms. The molecule has 0 fully saturated rings. The molecule has 0 saturated carbocycles. The summed E-state index contributed by atoms with van der Waals surface area (Å²) in [5.74, 6) is 0. The second-order valence-corrected chi connectivity index (χ2v) is 3.71. The van der Waals surface area contributed by atoms with E-state index in [2.05, 4.69) is 20.8 Å². The average molecular weight is 271 g/mol. The minimum atomic E-state index is 0. The molecule has 8 heteroatoms. The van der Waals surface area contributed by atoms with Gasteiger partial charge in [0.1, 0.15) is 0 Å². The van der Waals surface area contributed by atoms with Gasteiger partial charge in [-0.15, -0.1) is 47.5 Å². The third-order valence-electron chi connectivity index (χ3n) is 1.14. The summed E-state index contributed by atoms with van der Waals surface area (Å²) in [5.41, 5.74) is 5.86. The van der Waals surface area contributed by atoms with E-state index >= 15 is 0 Å². The molecule has 0 saturated heterocycles. The van der Waals surface area contributed by atoms with E-state index in [0.29, 0.717) is 0 Å². The van der Waals surface area contributed by atoms with Crippen molar-refractivity contribution in [2.24, 2.45) is 0 Å². The van der Waals surface area contributed by atoms with E-state index < -0.39 is 0 Å². The van der Waals surface area contributed by atoms with Gasteiger partial charge in [-0.25, -0.2) is 9.97 Å². The Labute approximate surface area is 102 Å². The van der Waals surface area contributed by atoms with Crippen molar-refractivity contribution < 1.29 is 0 Å². The number of nitrogens with one attached hydrogen (secondary N) is 2. The Morgan fingerprint density at radius 1 is 0.857 bits per heavy atom. The molecule has 0 atom stereocenters. The highest BCUT2D eigenvalue weighted by atomic mass is 35.5. The van der Waals surface area contributed by atoms with Crippen LogP contribution in [-0.2, 0) is 0 Å². The van der Waals surface area contributed by atoms with Crippen molar-refractivity contribution in [2.75, 3.05) is 10.9 Å². The van der Waals surface area contributed by atoms with E-state index in [4.69, 9.17) is 0 Å². The number of anilines is 2. The monoisotopic (exact) mass is 270 g/mol. The lowest BCUT2D eigenvalue weighted by Crippen LogP contribution is -2.07. The number of hydrogen-bond acceptors (Lipinski definition) is 6. The highest BCUT2D eigenvalue weighted by Crippen LogP contribution is 2.13. The van der Waals surface area contributed by atoms with E-state index in [1.165, 1.54) is 22.7 Å². The first kappa shape index (κ1) is 13.4. The van der Waals surface area contributed by atoms with Crippen LogP contribution in [0.3, 0.4) is 0 Å². The van der Waals surface area contributed by atoms with Gasteiger partial charge in [-0.3, -0.25) is 10.9 Å². The fourth-order valence-electron chi connectivity index (χ4n) is 0.677. The van der Waals surface area contributed by atoms with Gasteiger partial charge in [0.2, 0.25) is 10.3 Å². The van der Waals surface area contributed by atoms with Gasteiger partial charge in [-0.05, 0) is 0 Å². The molecular weight excluding hydrogens is 263 g/mol. The van der Waals surface area contributed by atoms with Crippen LogP contribution in [0, 0.1) is 0 Å². The molecule has 14 heavy (non-hydrogen) atoms. The molecule has 0 unspecified atom stereocenters. The lowest BCUT2D eigenvalue weighted by Gasteiger charge is -2.00. The topological polar surface area (TPSA) is 49.8 Å². The van der Waals surface area contributed by atoms with E-state index in [0.717, 1.165) is 10.3 Å². The molecule has 78 valence electrons. The first-order valence-electron chi connectivity index (χ1n) is 3.26. The van der Waals surface area contributed by atoms with E-state index in [9.17, 15) is 0 Å². The zero-order valence-corrected chi connectivity index (χ0v) is 10.1. The van der Waals surface area contributed by atoms with Crippen LogP contribution in [0.1, 0.15) is 0 Å². The molecule has 0 bridgehead atoms. The maximum Gasteiger partial charge on any atom is 0.201 e. The summed E-state index contributed by atoms with van der Waals surface area (Å²) in [4.78, 5) is 8.07. The van der Waals surface area contributed by atoms with Crippen molar-refractivity contribution >= 4 is 57.8 Å². The normalized spacial score (nSPS) is 8.29. The van der Waals surface area contributed by atoms with Crippen molar-refractivity contribution in [2.45, 2.75) is 0 Å². The molecule has 0 amide bonds. The third-order valence-corrected chi connectivity index (χ3v) is 2.52. The summed E-state index contributed by atoms with van der Waals surface area (Å²) >= 11 is 3.07. The minimum absolute atomic E-state index is 0. The lowest BCUT2D eigenvalue weighted by molar-refractivity contribution is 1.30. The fraction of sp³-hybridized carbons (Fsp3) is 0. The molecule has 0 aromatic carbocycles.